The van der Waals surface area contributed by atoms with Crippen molar-refractivity contribution in [3.8, 4) is 0 Å². The van der Waals surface area contributed by atoms with Crippen LogP contribution >= 0.6 is 22.9 Å². The highest BCUT2D eigenvalue weighted by Crippen LogP contribution is 2.35. The van der Waals surface area contributed by atoms with Crippen molar-refractivity contribution in [2.45, 2.75) is 26.8 Å². The van der Waals surface area contributed by atoms with E-state index in [-0.39, 0.29) is 17.4 Å². The maximum absolute atomic E-state index is 14.0. The van der Waals surface area contributed by atoms with Crippen LogP contribution in [-0.2, 0) is 9.59 Å². The van der Waals surface area contributed by atoms with E-state index in [1.54, 1.807) is 40.5 Å². The molecule has 5 rings (SSSR count). The fourth-order valence-electron chi connectivity index (χ4n) is 4.88. The molecule has 36 heavy (non-hydrogen) atoms. The Balaban J connectivity index is 1.82. The number of hydrogen-bond donors (Lipinski definition) is 0. The largest absolute Gasteiger partial charge is 0.339 e. The van der Waals surface area contributed by atoms with Crippen LogP contribution in [0.3, 0.4) is 0 Å². The first-order chi connectivity index (χ1) is 17.3. The molecule has 184 valence electrons. The van der Waals surface area contributed by atoms with Crippen molar-refractivity contribution in [2.24, 2.45) is 4.99 Å². The first-order valence-electron chi connectivity index (χ1n) is 11.8. The van der Waals surface area contributed by atoms with E-state index in [1.165, 1.54) is 11.3 Å². The minimum atomic E-state index is -0.689. The van der Waals surface area contributed by atoms with E-state index in [9.17, 15) is 14.4 Å². The quantitative estimate of drug-likeness (QED) is 0.530. The predicted octanol–water partition coefficient (Wildman–Crippen LogP) is 3.10. The number of fused-ring (bicyclic) bond motifs is 2. The van der Waals surface area contributed by atoms with Gasteiger partial charge in [-0.2, -0.15) is 0 Å². The Labute approximate surface area is 217 Å². The van der Waals surface area contributed by atoms with Gasteiger partial charge in [-0.15, -0.1) is 0 Å². The lowest BCUT2D eigenvalue weighted by Crippen LogP contribution is -2.43. The molecular weight excluding hydrogens is 496 g/mol. The van der Waals surface area contributed by atoms with Crippen LogP contribution in [0.15, 0.2) is 69.6 Å². The average Bonchev–Trinajstić information content (AvgIpc) is 3.32. The molecule has 0 spiro atoms. The molecule has 9 heteroatoms. The van der Waals surface area contributed by atoms with E-state index in [0.717, 1.165) is 11.3 Å². The number of nitrogens with zero attached hydrogens (tertiary/aromatic N) is 4. The SMILES string of the molecule is CCN(CC)C(=O)C1=C(C)N=c2s/c(=C3/C(=O)N(C)c4ccccc43)c(=O)n2[C@@H]1c1ccc(Cl)cc1. The lowest BCUT2D eigenvalue weighted by atomic mass is 9.94. The van der Waals surface area contributed by atoms with Crippen LogP contribution in [0.4, 0.5) is 5.69 Å². The minimum absolute atomic E-state index is 0.166. The third-order valence-electron chi connectivity index (χ3n) is 6.74. The third kappa shape index (κ3) is 3.63. The van der Waals surface area contributed by atoms with Gasteiger partial charge in [-0.25, -0.2) is 4.99 Å². The smallest absolute Gasteiger partial charge is 0.271 e. The zero-order chi connectivity index (χ0) is 25.7. The van der Waals surface area contributed by atoms with Gasteiger partial charge in [-0.3, -0.25) is 19.0 Å². The molecule has 0 saturated carbocycles. The zero-order valence-electron chi connectivity index (χ0n) is 20.4. The van der Waals surface area contributed by atoms with Crippen molar-refractivity contribution in [3.05, 3.63) is 95.6 Å². The highest BCUT2D eigenvalue weighted by atomic mass is 35.5. The van der Waals surface area contributed by atoms with Gasteiger partial charge in [0.15, 0.2) is 4.80 Å². The summed E-state index contributed by atoms with van der Waals surface area (Å²) in [4.78, 5) is 49.4. The number of anilines is 1. The molecule has 2 amide bonds. The highest BCUT2D eigenvalue weighted by Gasteiger charge is 2.36. The molecule has 0 unspecified atom stereocenters. The van der Waals surface area contributed by atoms with Gasteiger partial charge in [0.2, 0.25) is 0 Å². The van der Waals surface area contributed by atoms with Crippen LogP contribution in [0.2, 0.25) is 5.02 Å². The Hall–Kier alpha value is -3.49. The van der Waals surface area contributed by atoms with E-state index >= 15 is 0 Å². The summed E-state index contributed by atoms with van der Waals surface area (Å²) in [5.74, 6) is -0.402. The summed E-state index contributed by atoms with van der Waals surface area (Å²) in [6, 6.07) is 13.9. The van der Waals surface area contributed by atoms with Gasteiger partial charge in [-0.1, -0.05) is 53.3 Å². The Morgan fingerprint density at radius 1 is 1.08 bits per heavy atom. The second kappa shape index (κ2) is 9.19. The van der Waals surface area contributed by atoms with Crippen molar-refractivity contribution in [3.63, 3.8) is 0 Å². The lowest BCUT2D eigenvalue weighted by Gasteiger charge is -2.29. The Bertz CT molecular complexity index is 1610. The maximum atomic E-state index is 14.0. The standard InChI is InChI=1S/C27H25ClN4O3S/c1-5-31(6-2)25(34)20-15(3)29-27-32(22(20)16-11-13-17(28)14-12-16)26(35)23(36-27)21-18-9-7-8-10-19(18)30(4)24(21)33/h7-14,22H,5-6H2,1-4H3/b23-21+/t22-/m1/s1. The maximum Gasteiger partial charge on any atom is 0.271 e. The Morgan fingerprint density at radius 2 is 1.75 bits per heavy atom. The number of allylic oxidation sites excluding steroid dienone is 1. The second-order valence-corrected chi connectivity index (χ2v) is 10.1. The van der Waals surface area contributed by atoms with Gasteiger partial charge in [-0.05, 0) is 44.5 Å². The fourth-order valence-corrected chi connectivity index (χ4v) is 6.14. The molecule has 0 radical (unpaired) electrons. The van der Waals surface area contributed by atoms with Crippen molar-refractivity contribution in [1.82, 2.24) is 9.47 Å². The van der Waals surface area contributed by atoms with E-state index in [2.05, 4.69) is 0 Å². The number of hydrogen-bond acceptors (Lipinski definition) is 5. The first-order valence-corrected chi connectivity index (χ1v) is 12.9. The topological polar surface area (TPSA) is 75.0 Å². The minimum Gasteiger partial charge on any atom is -0.339 e. The molecular formula is C27H25ClN4O3S. The number of thiazole rings is 1. The van der Waals surface area contributed by atoms with Crippen LogP contribution in [-0.4, -0.2) is 41.4 Å². The Kier molecular flexibility index (Phi) is 6.18. The summed E-state index contributed by atoms with van der Waals surface area (Å²) in [6.07, 6.45) is 0. The molecule has 0 saturated heterocycles. The van der Waals surface area contributed by atoms with Crippen LogP contribution in [0, 0.1) is 0 Å². The predicted molar refractivity (Wildman–Crippen MR) is 142 cm³/mol. The number of para-hydroxylation sites is 1. The molecule has 0 aliphatic carbocycles. The third-order valence-corrected chi connectivity index (χ3v) is 8.05. The van der Waals surface area contributed by atoms with Crippen LogP contribution < -0.4 is 19.8 Å². The number of aromatic nitrogens is 1. The first kappa shape index (κ1) is 24.2. The zero-order valence-corrected chi connectivity index (χ0v) is 22.0. The number of amides is 2. The molecule has 1 atom stereocenters. The number of halogens is 1. The molecule has 0 bridgehead atoms. The number of likely N-dealkylation sites (N-methyl/N-ethyl adjacent to an activating group) is 2. The molecule has 2 aliphatic rings. The van der Waals surface area contributed by atoms with E-state index in [0.29, 0.717) is 49.9 Å². The molecule has 3 aromatic rings. The molecule has 2 aliphatic heterocycles. The summed E-state index contributed by atoms with van der Waals surface area (Å²) in [5, 5.41) is 0.557. The number of benzene rings is 2. The van der Waals surface area contributed by atoms with Crippen molar-refractivity contribution in [2.75, 3.05) is 25.0 Å². The van der Waals surface area contributed by atoms with Gasteiger partial charge in [0.05, 0.1) is 28.6 Å². The fraction of sp³-hybridized carbons (Fsp3) is 0.259. The van der Waals surface area contributed by atoms with Crippen molar-refractivity contribution in [1.29, 1.82) is 0 Å². The van der Waals surface area contributed by atoms with Gasteiger partial charge in [0.1, 0.15) is 4.53 Å². The van der Waals surface area contributed by atoms with Crippen LogP contribution in [0.5, 0.6) is 0 Å². The van der Waals surface area contributed by atoms with E-state index in [1.807, 2.05) is 50.2 Å². The van der Waals surface area contributed by atoms with E-state index < -0.39 is 6.04 Å². The molecule has 0 N–H and O–H groups in total. The van der Waals surface area contributed by atoms with Gasteiger partial charge in [0, 0.05) is 30.7 Å². The highest BCUT2D eigenvalue weighted by molar-refractivity contribution is 7.07. The summed E-state index contributed by atoms with van der Waals surface area (Å²) < 4.78 is 1.87. The summed E-state index contributed by atoms with van der Waals surface area (Å²) >= 11 is 7.34. The molecule has 2 aromatic carbocycles. The lowest BCUT2D eigenvalue weighted by molar-refractivity contribution is -0.127. The van der Waals surface area contributed by atoms with Crippen LogP contribution in [0.1, 0.15) is 37.9 Å². The summed E-state index contributed by atoms with van der Waals surface area (Å²) in [7, 11) is 1.70. The van der Waals surface area contributed by atoms with Crippen molar-refractivity contribution >= 4 is 46.0 Å². The second-order valence-electron chi connectivity index (χ2n) is 8.69. The van der Waals surface area contributed by atoms with Gasteiger partial charge in [0.25, 0.3) is 17.4 Å². The molecule has 7 nitrogen and oxygen atoms in total. The number of carbonyl (C=O) groups excluding carboxylic acids is 2. The van der Waals surface area contributed by atoms with E-state index in [4.69, 9.17) is 16.6 Å². The van der Waals surface area contributed by atoms with Gasteiger partial charge < -0.3 is 9.80 Å². The van der Waals surface area contributed by atoms with Crippen molar-refractivity contribution < 1.29 is 9.59 Å². The Morgan fingerprint density at radius 3 is 2.42 bits per heavy atom. The monoisotopic (exact) mass is 520 g/mol. The summed E-state index contributed by atoms with van der Waals surface area (Å²) in [5.41, 5.74) is 3.24. The average molecular weight is 521 g/mol. The summed E-state index contributed by atoms with van der Waals surface area (Å²) in [6.45, 7) is 6.71. The number of carbonyl (C=O) groups is 2. The van der Waals surface area contributed by atoms with Crippen LogP contribution in [0.25, 0.3) is 5.57 Å². The molecule has 0 fully saturated rings. The normalized spacial score (nSPS) is 18.2. The molecule has 1 aromatic heterocycles. The molecule has 3 heterocycles. The van der Waals surface area contributed by atoms with Gasteiger partial charge >= 0.3 is 0 Å². The number of rotatable bonds is 4.